The molecule has 148 valence electrons. The predicted molar refractivity (Wildman–Crippen MR) is 97.8 cm³/mol. The van der Waals surface area contributed by atoms with Gasteiger partial charge >= 0.3 is 5.97 Å². The zero-order chi connectivity index (χ0) is 19.9. The molecule has 0 saturated carbocycles. The number of nitrogens with zero attached hydrogens (tertiary/aromatic N) is 1. The summed E-state index contributed by atoms with van der Waals surface area (Å²) < 4.78 is 36.3. The summed E-state index contributed by atoms with van der Waals surface area (Å²) in [6.45, 7) is 3.99. The standard InChI is InChI=1S/C17H23N3O6S/c1-12(2)25-9-5-8-18-15(21)11-26-16(22)10-19-17-13-6-3-4-7-14(13)27(23,24)20-17/h3-4,6-7,12H,5,8-11H2,1-2H3,(H,18,21)(H,19,20). The molecular formula is C17H23N3O6S. The van der Waals surface area contributed by atoms with Gasteiger partial charge in [-0.2, -0.15) is 0 Å². The number of amidine groups is 1. The molecule has 1 aliphatic heterocycles. The molecule has 2 N–H and O–H groups in total. The van der Waals surface area contributed by atoms with Gasteiger partial charge in [0.25, 0.3) is 15.9 Å². The van der Waals surface area contributed by atoms with Crippen molar-refractivity contribution in [3.05, 3.63) is 29.8 Å². The van der Waals surface area contributed by atoms with Crippen molar-refractivity contribution in [2.45, 2.75) is 31.3 Å². The first kappa shape index (κ1) is 20.8. The van der Waals surface area contributed by atoms with Crippen LogP contribution in [0.2, 0.25) is 0 Å². The van der Waals surface area contributed by atoms with E-state index in [9.17, 15) is 18.0 Å². The van der Waals surface area contributed by atoms with Gasteiger partial charge in [-0.3, -0.25) is 19.3 Å². The second-order valence-electron chi connectivity index (χ2n) is 6.05. The molecule has 1 aromatic carbocycles. The molecule has 0 bridgehead atoms. The van der Waals surface area contributed by atoms with E-state index in [4.69, 9.17) is 9.47 Å². The summed E-state index contributed by atoms with van der Waals surface area (Å²) in [6, 6.07) is 6.32. The van der Waals surface area contributed by atoms with Crippen LogP contribution in [-0.2, 0) is 29.1 Å². The van der Waals surface area contributed by atoms with Crippen LogP contribution in [0.25, 0.3) is 0 Å². The normalized spacial score (nSPS) is 16.0. The zero-order valence-corrected chi connectivity index (χ0v) is 16.0. The van der Waals surface area contributed by atoms with Crippen molar-refractivity contribution in [1.82, 2.24) is 10.0 Å². The monoisotopic (exact) mass is 397 g/mol. The SMILES string of the molecule is CC(C)OCCCNC(=O)COC(=O)CN=C1NS(=O)(=O)c2ccccc21. The molecule has 1 aromatic rings. The van der Waals surface area contributed by atoms with E-state index in [0.29, 0.717) is 25.1 Å². The summed E-state index contributed by atoms with van der Waals surface area (Å²) in [4.78, 5) is 27.4. The van der Waals surface area contributed by atoms with Crippen LogP contribution in [-0.4, -0.2) is 58.5 Å². The molecule has 0 spiro atoms. The number of carbonyl (C=O) groups is 2. The van der Waals surface area contributed by atoms with Gasteiger partial charge in [0.05, 0.1) is 11.0 Å². The Labute approximate surface area is 158 Å². The van der Waals surface area contributed by atoms with Crippen molar-refractivity contribution in [2.24, 2.45) is 4.99 Å². The smallest absolute Gasteiger partial charge is 0.328 e. The molecule has 27 heavy (non-hydrogen) atoms. The molecule has 0 unspecified atom stereocenters. The van der Waals surface area contributed by atoms with Gasteiger partial charge in [-0.05, 0) is 32.4 Å². The van der Waals surface area contributed by atoms with E-state index in [1.807, 2.05) is 13.8 Å². The van der Waals surface area contributed by atoms with E-state index in [-0.39, 0.29) is 16.8 Å². The fourth-order valence-electron chi connectivity index (χ4n) is 2.26. The Morgan fingerprint density at radius 3 is 2.74 bits per heavy atom. The summed E-state index contributed by atoms with van der Waals surface area (Å²) in [7, 11) is -3.66. The summed E-state index contributed by atoms with van der Waals surface area (Å²) in [6.07, 6.45) is 0.796. The van der Waals surface area contributed by atoms with E-state index in [1.165, 1.54) is 6.07 Å². The fraction of sp³-hybridized carbons (Fsp3) is 0.471. The number of hydrogen-bond acceptors (Lipinski definition) is 7. The Morgan fingerprint density at radius 1 is 1.26 bits per heavy atom. The van der Waals surface area contributed by atoms with Crippen LogP contribution in [0.5, 0.6) is 0 Å². The van der Waals surface area contributed by atoms with Crippen LogP contribution in [0.3, 0.4) is 0 Å². The van der Waals surface area contributed by atoms with Crippen molar-refractivity contribution >= 4 is 27.7 Å². The number of sulfonamides is 1. The second kappa shape index (κ2) is 9.47. The van der Waals surface area contributed by atoms with Crippen molar-refractivity contribution in [3.8, 4) is 0 Å². The number of ether oxygens (including phenoxy) is 2. The average molecular weight is 397 g/mol. The lowest BCUT2D eigenvalue weighted by Crippen LogP contribution is -2.31. The third-order valence-electron chi connectivity index (χ3n) is 3.49. The van der Waals surface area contributed by atoms with Gasteiger partial charge in [0.2, 0.25) is 0 Å². The lowest BCUT2D eigenvalue weighted by Gasteiger charge is -2.08. The maximum absolute atomic E-state index is 11.9. The Balaban J connectivity index is 1.74. The van der Waals surface area contributed by atoms with Crippen LogP contribution in [0.15, 0.2) is 34.2 Å². The van der Waals surface area contributed by atoms with Crippen molar-refractivity contribution in [1.29, 1.82) is 0 Å². The minimum atomic E-state index is -3.66. The third-order valence-corrected chi connectivity index (χ3v) is 4.88. The molecule has 10 heteroatoms. The number of carbonyl (C=O) groups excluding carboxylic acids is 2. The van der Waals surface area contributed by atoms with Crippen molar-refractivity contribution in [2.75, 3.05) is 26.3 Å². The van der Waals surface area contributed by atoms with E-state index >= 15 is 0 Å². The molecule has 2 rings (SSSR count). The summed E-state index contributed by atoms with van der Waals surface area (Å²) in [5, 5.41) is 2.61. The van der Waals surface area contributed by atoms with Gasteiger partial charge in [0.1, 0.15) is 12.4 Å². The molecule has 1 heterocycles. The maximum atomic E-state index is 11.9. The van der Waals surface area contributed by atoms with Crippen molar-refractivity contribution in [3.63, 3.8) is 0 Å². The Kier molecular flexibility index (Phi) is 7.31. The second-order valence-corrected chi connectivity index (χ2v) is 7.70. The van der Waals surface area contributed by atoms with Gasteiger partial charge in [-0.25, -0.2) is 8.42 Å². The minimum absolute atomic E-state index is 0.0807. The lowest BCUT2D eigenvalue weighted by atomic mass is 10.2. The van der Waals surface area contributed by atoms with Crippen LogP contribution in [0.4, 0.5) is 0 Å². The molecular weight excluding hydrogens is 374 g/mol. The number of rotatable bonds is 9. The van der Waals surface area contributed by atoms with E-state index < -0.39 is 35.1 Å². The van der Waals surface area contributed by atoms with E-state index in [0.717, 1.165) is 0 Å². The van der Waals surface area contributed by atoms with Gasteiger partial charge in [0, 0.05) is 18.7 Å². The number of amides is 1. The number of esters is 1. The lowest BCUT2D eigenvalue weighted by molar-refractivity contribution is -0.147. The van der Waals surface area contributed by atoms with Crippen molar-refractivity contribution < 1.29 is 27.5 Å². The highest BCUT2D eigenvalue weighted by Crippen LogP contribution is 2.21. The Hall–Kier alpha value is -2.46. The molecule has 9 nitrogen and oxygen atoms in total. The minimum Gasteiger partial charge on any atom is -0.454 e. The largest absolute Gasteiger partial charge is 0.454 e. The molecule has 0 aromatic heterocycles. The topological polar surface area (TPSA) is 123 Å². The van der Waals surface area contributed by atoms with Crippen LogP contribution < -0.4 is 10.0 Å². The molecule has 0 fully saturated rings. The molecule has 0 saturated heterocycles. The number of fused-ring (bicyclic) bond motifs is 1. The zero-order valence-electron chi connectivity index (χ0n) is 15.2. The molecule has 1 aliphatic rings. The third kappa shape index (κ3) is 6.33. The number of benzene rings is 1. The van der Waals surface area contributed by atoms with Gasteiger partial charge < -0.3 is 14.8 Å². The molecule has 0 atom stereocenters. The van der Waals surface area contributed by atoms with E-state index in [1.54, 1.807) is 18.2 Å². The number of hydrogen-bond donors (Lipinski definition) is 2. The fourth-order valence-corrected chi connectivity index (χ4v) is 3.51. The number of nitrogens with one attached hydrogen (secondary N) is 2. The summed E-state index contributed by atoms with van der Waals surface area (Å²) >= 11 is 0. The molecule has 1 amide bonds. The Bertz CT molecular complexity index is 820. The highest BCUT2D eigenvalue weighted by molar-refractivity contribution is 7.90. The first-order valence-corrected chi connectivity index (χ1v) is 9.98. The number of aliphatic imine (C=N–C) groups is 1. The highest BCUT2D eigenvalue weighted by Gasteiger charge is 2.30. The first-order valence-electron chi connectivity index (χ1n) is 8.50. The van der Waals surface area contributed by atoms with Gasteiger partial charge in [0.15, 0.2) is 6.61 Å². The summed E-state index contributed by atoms with van der Waals surface area (Å²) in [5.41, 5.74) is 0.395. The van der Waals surface area contributed by atoms with Crippen LogP contribution in [0, 0.1) is 0 Å². The van der Waals surface area contributed by atoms with E-state index in [2.05, 4.69) is 15.0 Å². The van der Waals surface area contributed by atoms with Gasteiger partial charge in [-0.15, -0.1) is 0 Å². The first-order chi connectivity index (χ1) is 12.8. The predicted octanol–water partition coefficient (Wildman–Crippen LogP) is 0.200. The Morgan fingerprint density at radius 2 is 2.00 bits per heavy atom. The quantitative estimate of drug-likeness (QED) is 0.453. The summed E-state index contributed by atoms with van der Waals surface area (Å²) in [5.74, 6) is -1.08. The van der Waals surface area contributed by atoms with Crippen LogP contribution in [0.1, 0.15) is 25.8 Å². The van der Waals surface area contributed by atoms with Crippen LogP contribution >= 0.6 is 0 Å². The molecule has 0 aliphatic carbocycles. The highest BCUT2D eigenvalue weighted by atomic mass is 32.2. The molecule has 0 radical (unpaired) electrons. The maximum Gasteiger partial charge on any atom is 0.328 e. The van der Waals surface area contributed by atoms with Gasteiger partial charge in [-0.1, -0.05) is 12.1 Å². The average Bonchev–Trinajstić information content (AvgIpc) is 2.88.